The number of hydrogen-bond donors (Lipinski definition) is 1. The molecule has 0 fully saturated rings. The van der Waals surface area contributed by atoms with Crippen molar-refractivity contribution in [3.05, 3.63) is 58.6 Å². The van der Waals surface area contributed by atoms with E-state index in [0.29, 0.717) is 12.4 Å². The maximum atomic E-state index is 12.3. The number of imidazole rings is 1. The molecule has 0 atom stereocenters. The molecule has 3 aromatic rings. The average Bonchev–Trinajstić information content (AvgIpc) is 2.85. The van der Waals surface area contributed by atoms with Crippen LogP contribution in [0.15, 0.2) is 47.4 Å². The monoisotopic (exact) mass is 326 g/mol. The second-order valence-electron chi connectivity index (χ2n) is 5.40. The number of methoxy groups -OCH3 is 1. The summed E-state index contributed by atoms with van der Waals surface area (Å²) in [5.74, 6) is 0.260. The maximum absolute atomic E-state index is 12.3. The summed E-state index contributed by atoms with van der Waals surface area (Å²) in [7, 11) is 3.24. The lowest BCUT2D eigenvalue weighted by Gasteiger charge is -2.07. The number of aromatic nitrogens is 3. The maximum Gasteiger partial charge on any atom is 0.329 e. The zero-order valence-corrected chi connectivity index (χ0v) is 13.5. The van der Waals surface area contributed by atoms with Crippen LogP contribution in [0.2, 0.25) is 0 Å². The molecule has 0 spiro atoms. The number of amides is 1. The molecule has 0 saturated heterocycles. The Labute approximate surface area is 138 Å². The fourth-order valence-corrected chi connectivity index (χ4v) is 2.59. The lowest BCUT2D eigenvalue weighted by Crippen LogP contribution is -2.32. The van der Waals surface area contributed by atoms with Crippen molar-refractivity contribution in [1.82, 2.24) is 19.4 Å². The molecule has 0 unspecified atom stereocenters. The Hall–Kier alpha value is -3.09. The van der Waals surface area contributed by atoms with E-state index < -0.39 is 0 Å². The highest BCUT2D eigenvalue weighted by Gasteiger charge is 2.13. The molecule has 3 rings (SSSR count). The molecule has 0 aliphatic rings. The molecule has 1 aromatic carbocycles. The molecular formula is C17H18N4O3. The largest absolute Gasteiger partial charge is 0.481 e. The number of aryl methyl sites for hydroxylation is 1. The van der Waals surface area contributed by atoms with Gasteiger partial charge in [-0.15, -0.1) is 0 Å². The quantitative estimate of drug-likeness (QED) is 0.760. The smallest absolute Gasteiger partial charge is 0.329 e. The SMILES string of the molecule is COc1cc(CNC(=O)Cn2c(=O)n(C)c3ccccc32)ccn1. The van der Waals surface area contributed by atoms with Gasteiger partial charge in [-0.25, -0.2) is 9.78 Å². The van der Waals surface area contributed by atoms with Crippen molar-refractivity contribution >= 4 is 16.9 Å². The van der Waals surface area contributed by atoms with Crippen LogP contribution in [0.4, 0.5) is 0 Å². The minimum Gasteiger partial charge on any atom is -0.481 e. The molecule has 7 heteroatoms. The number of hydrogen-bond acceptors (Lipinski definition) is 4. The van der Waals surface area contributed by atoms with Gasteiger partial charge in [-0.3, -0.25) is 13.9 Å². The lowest BCUT2D eigenvalue weighted by molar-refractivity contribution is -0.121. The summed E-state index contributed by atoms with van der Waals surface area (Å²) in [6.45, 7) is 0.319. The summed E-state index contributed by atoms with van der Waals surface area (Å²) in [5, 5.41) is 2.81. The van der Waals surface area contributed by atoms with Crippen LogP contribution in [0.5, 0.6) is 5.88 Å². The number of para-hydroxylation sites is 2. The van der Waals surface area contributed by atoms with Gasteiger partial charge in [0.25, 0.3) is 0 Å². The first-order valence-corrected chi connectivity index (χ1v) is 7.50. The number of ether oxygens (including phenoxy) is 1. The van der Waals surface area contributed by atoms with Crippen LogP contribution in [0.25, 0.3) is 11.0 Å². The molecule has 0 aliphatic carbocycles. The van der Waals surface area contributed by atoms with Gasteiger partial charge in [0.2, 0.25) is 11.8 Å². The van der Waals surface area contributed by atoms with Crippen LogP contribution in [0.1, 0.15) is 5.56 Å². The van der Waals surface area contributed by atoms with Gasteiger partial charge in [0, 0.05) is 25.9 Å². The Bertz CT molecular complexity index is 942. The number of benzene rings is 1. The van der Waals surface area contributed by atoms with Gasteiger partial charge in [0.05, 0.1) is 18.1 Å². The highest BCUT2D eigenvalue weighted by atomic mass is 16.5. The van der Waals surface area contributed by atoms with Gasteiger partial charge in [-0.1, -0.05) is 12.1 Å². The van der Waals surface area contributed by atoms with E-state index in [-0.39, 0.29) is 18.1 Å². The molecule has 1 N–H and O–H groups in total. The molecule has 124 valence electrons. The summed E-state index contributed by atoms with van der Waals surface area (Å²) in [4.78, 5) is 28.5. The van der Waals surface area contributed by atoms with Crippen LogP contribution in [0.3, 0.4) is 0 Å². The number of rotatable bonds is 5. The van der Waals surface area contributed by atoms with Gasteiger partial charge >= 0.3 is 5.69 Å². The van der Waals surface area contributed by atoms with Crippen LogP contribution >= 0.6 is 0 Å². The van der Waals surface area contributed by atoms with Crippen molar-refractivity contribution in [2.24, 2.45) is 7.05 Å². The number of fused-ring (bicyclic) bond motifs is 1. The predicted octanol–water partition coefficient (Wildman–Crippen LogP) is 1.06. The van der Waals surface area contributed by atoms with E-state index in [0.717, 1.165) is 16.6 Å². The average molecular weight is 326 g/mol. The van der Waals surface area contributed by atoms with Crippen LogP contribution in [0, 0.1) is 0 Å². The van der Waals surface area contributed by atoms with Crippen molar-refractivity contribution < 1.29 is 9.53 Å². The van der Waals surface area contributed by atoms with Crippen molar-refractivity contribution in [1.29, 1.82) is 0 Å². The fourth-order valence-electron chi connectivity index (χ4n) is 2.59. The predicted molar refractivity (Wildman–Crippen MR) is 89.8 cm³/mol. The molecule has 7 nitrogen and oxygen atoms in total. The van der Waals surface area contributed by atoms with Crippen molar-refractivity contribution in [2.45, 2.75) is 13.1 Å². The topological polar surface area (TPSA) is 78.1 Å². The third-order valence-electron chi connectivity index (χ3n) is 3.85. The number of pyridine rings is 1. The van der Waals surface area contributed by atoms with E-state index in [2.05, 4.69) is 10.3 Å². The zero-order valence-electron chi connectivity index (χ0n) is 13.5. The second-order valence-corrected chi connectivity index (χ2v) is 5.40. The second kappa shape index (κ2) is 6.57. The zero-order chi connectivity index (χ0) is 17.1. The molecule has 0 radical (unpaired) electrons. The lowest BCUT2D eigenvalue weighted by atomic mass is 10.2. The minimum atomic E-state index is -0.232. The van der Waals surface area contributed by atoms with E-state index >= 15 is 0 Å². The molecule has 0 bridgehead atoms. The minimum absolute atomic E-state index is 0.0254. The summed E-state index contributed by atoms with van der Waals surface area (Å²) in [5.41, 5.74) is 2.21. The first-order chi connectivity index (χ1) is 11.6. The van der Waals surface area contributed by atoms with Gasteiger partial charge in [0.15, 0.2) is 0 Å². The Kier molecular flexibility index (Phi) is 4.33. The summed E-state index contributed by atoms with van der Waals surface area (Å²) < 4.78 is 8.06. The summed E-state index contributed by atoms with van der Waals surface area (Å²) in [6.07, 6.45) is 1.62. The van der Waals surface area contributed by atoms with Crippen LogP contribution < -0.4 is 15.7 Å². The number of nitrogens with one attached hydrogen (secondary N) is 1. The molecule has 0 saturated carbocycles. The van der Waals surface area contributed by atoms with E-state index in [1.165, 1.54) is 16.2 Å². The summed E-state index contributed by atoms with van der Waals surface area (Å²) >= 11 is 0. The first kappa shape index (κ1) is 15.8. The third-order valence-corrected chi connectivity index (χ3v) is 3.85. The van der Waals surface area contributed by atoms with E-state index in [1.54, 1.807) is 25.4 Å². The standard InChI is InChI=1S/C17H18N4O3/c1-20-13-5-3-4-6-14(13)21(17(20)23)11-15(22)19-10-12-7-8-18-16(9-12)24-2/h3-9H,10-11H2,1-2H3,(H,19,22). The first-order valence-electron chi connectivity index (χ1n) is 7.50. The highest BCUT2D eigenvalue weighted by molar-refractivity contribution is 5.80. The van der Waals surface area contributed by atoms with Gasteiger partial charge in [-0.05, 0) is 23.8 Å². The van der Waals surface area contributed by atoms with Gasteiger partial charge in [-0.2, -0.15) is 0 Å². The molecule has 2 aromatic heterocycles. The molecule has 1 amide bonds. The Balaban J connectivity index is 1.74. The number of carbonyl (C=O) groups excluding carboxylic acids is 1. The summed E-state index contributed by atoms with van der Waals surface area (Å²) in [6, 6.07) is 11.0. The van der Waals surface area contributed by atoms with E-state index in [1.807, 2.05) is 24.3 Å². The third kappa shape index (κ3) is 3.01. The Morgan fingerprint density at radius 3 is 2.75 bits per heavy atom. The molecule has 0 aliphatic heterocycles. The van der Waals surface area contributed by atoms with Crippen LogP contribution in [-0.2, 0) is 24.9 Å². The fraction of sp³-hybridized carbons (Fsp3) is 0.235. The number of carbonyl (C=O) groups is 1. The Morgan fingerprint density at radius 1 is 1.25 bits per heavy atom. The van der Waals surface area contributed by atoms with Crippen molar-refractivity contribution in [2.75, 3.05) is 7.11 Å². The Morgan fingerprint density at radius 2 is 2.00 bits per heavy atom. The van der Waals surface area contributed by atoms with Crippen molar-refractivity contribution in [3.8, 4) is 5.88 Å². The van der Waals surface area contributed by atoms with E-state index in [4.69, 9.17) is 4.74 Å². The number of nitrogens with zero attached hydrogens (tertiary/aromatic N) is 3. The highest BCUT2D eigenvalue weighted by Crippen LogP contribution is 2.11. The van der Waals surface area contributed by atoms with Crippen LogP contribution in [-0.4, -0.2) is 27.1 Å². The van der Waals surface area contributed by atoms with Gasteiger partial charge < -0.3 is 10.1 Å². The molecule has 24 heavy (non-hydrogen) atoms. The molecular weight excluding hydrogens is 308 g/mol. The van der Waals surface area contributed by atoms with E-state index in [9.17, 15) is 9.59 Å². The normalized spacial score (nSPS) is 10.8. The van der Waals surface area contributed by atoms with Crippen molar-refractivity contribution in [3.63, 3.8) is 0 Å². The molecule has 2 heterocycles. The van der Waals surface area contributed by atoms with Gasteiger partial charge in [0.1, 0.15) is 6.54 Å².